The van der Waals surface area contributed by atoms with E-state index in [0.717, 1.165) is 36.2 Å². The van der Waals surface area contributed by atoms with Gasteiger partial charge in [0, 0.05) is 0 Å². The number of halogens is 3. The lowest BCUT2D eigenvalue weighted by atomic mass is 9.68. The van der Waals surface area contributed by atoms with E-state index in [4.69, 9.17) is 0 Å². The lowest BCUT2D eigenvalue weighted by Crippen LogP contribution is -2.27. The predicted molar refractivity (Wildman–Crippen MR) is 107 cm³/mol. The molecule has 1 aromatic carbocycles. The molecule has 4 heteroatoms. The summed E-state index contributed by atoms with van der Waals surface area (Å²) in [6.45, 7) is 0. The van der Waals surface area contributed by atoms with Crippen LogP contribution < -0.4 is 4.74 Å². The van der Waals surface area contributed by atoms with Crippen LogP contribution in [0.1, 0.15) is 89.0 Å². The molecular formula is C24H35F3O. The Kier molecular flexibility index (Phi) is 8.11. The summed E-state index contributed by atoms with van der Waals surface area (Å²) in [6, 6.07) is 6.38. The highest BCUT2D eigenvalue weighted by molar-refractivity contribution is 5.27. The van der Waals surface area contributed by atoms with E-state index >= 15 is 0 Å². The summed E-state index contributed by atoms with van der Waals surface area (Å²) < 4.78 is 40.7. The molecule has 0 saturated heterocycles. The van der Waals surface area contributed by atoms with Crippen molar-refractivity contribution in [2.45, 2.75) is 96.3 Å². The van der Waals surface area contributed by atoms with E-state index in [2.05, 4.69) is 4.74 Å². The molecule has 0 unspecified atom stereocenters. The Labute approximate surface area is 168 Å². The Balaban J connectivity index is 1.45. The van der Waals surface area contributed by atoms with Crippen molar-refractivity contribution in [3.05, 3.63) is 29.8 Å². The molecule has 0 aromatic heterocycles. The third kappa shape index (κ3) is 7.00. The molecule has 2 aliphatic rings. The normalized spacial score (nSPS) is 19.9. The number of aryl methyl sites for hydroxylation is 1. The maximum Gasteiger partial charge on any atom is 0.573 e. The summed E-state index contributed by atoms with van der Waals surface area (Å²) in [5.41, 5.74) is 1.10. The topological polar surface area (TPSA) is 9.23 Å². The lowest BCUT2D eigenvalue weighted by Gasteiger charge is -2.38. The number of hydrogen-bond acceptors (Lipinski definition) is 1. The number of rotatable bonds is 8. The molecule has 2 saturated carbocycles. The predicted octanol–water partition coefficient (Wildman–Crippen LogP) is 8.07. The minimum atomic E-state index is -4.62. The summed E-state index contributed by atoms with van der Waals surface area (Å²) in [5, 5.41) is 0. The van der Waals surface area contributed by atoms with Gasteiger partial charge in [0.15, 0.2) is 0 Å². The zero-order valence-corrected chi connectivity index (χ0v) is 17.0. The van der Waals surface area contributed by atoms with Crippen LogP contribution in [0.4, 0.5) is 13.2 Å². The molecule has 0 bridgehead atoms. The van der Waals surface area contributed by atoms with E-state index in [1.54, 1.807) is 12.1 Å². The van der Waals surface area contributed by atoms with Crippen molar-refractivity contribution in [1.29, 1.82) is 0 Å². The first-order chi connectivity index (χ1) is 13.5. The van der Waals surface area contributed by atoms with Gasteiger partial charge in [-0.15, -0.1) is 13.2 Å². The second-order valence-corrected chi connectivity index (χ2v) is 8.90. The standard InChI is InChI=1S/C24H35F3O/c25-24(26,27)28-22-17-15-19(16-18-22)9-7-8-14-23(20-10-3-1-4-11-20)21-12-5-2-6-13-21/h15-18,20-21,23H,1-14H2. The minimum absolute atomic E-state index is 0.133. The van der Waals surface area contributed by atoms with Crippen LogP contribution >= 0.6 is 0 Å². The monoisotopic (exact) mass is 396 g/mol. The average Bonchev–Trinajstić information content (AvgIpc) is 2.69. The molecule has 158 valence electrons. The zero-order chi connectivity index (χ0) is 19.8. The first-order valence-electron chi connectivity index (χ1n) is 11.4. The molecule has 2 aliphatic carbocycles. The number of alkyl halides is 3. The van der Waals surface area contributed by atoms with Crippen molar-refractivity contribution >= 4 is 0 Å². The largest absolute Gasteiger partial charge is 0.573 e. The molecule has 0 atom stereocenters. The summed E-state index contributed by atoms with van der Waals surface area (Å²) in [4.78, 5) is 0. The van der Waals surface area contributed by atoms with Gasteiger partial charge >= 0.3 is 6.36 Å². The van der Waals surface area contributed by atoms with Gasteiger partial charge in [0.25, 0.3) is 0 Å². The van der Waals surface area contributed by atoms with Gasteiger partial charge in [-0.25, -0.2) is 0 Å². The van der Waals surface area contributed by atoms with E-state index in [1.807, 2.05) is 0 Å². The molecule has 0 amide bonds. The fourth-order valence-electron chi connectivity index (χ4n) is 5.55. The van der Waals surface area contributed by atoms with Crippen molar-refractivity contribution in [3.63, 3.8) is 0 Å². The van der Waals surface area contributed by atoms with Gasteiger partial charge in [0.2, 0.25) is 0 Å². The number of ether oxygens (including phenoxy) is 1. The molecular weight excluding hydrogens is 361 g/mol. The van der Waals surface area contributed by atoms with Gasteiger partial charge in [-0.2, -0.15) is 0 Å². The van der Waals surface area contributed by atoms with Crippen molar-refractivity contribution in [3.8, 4) is 5.75 Å². The molecule has 28 heavy (non-hydrogen) atoms. The summed E-state index contributed by atoms with van der Waals surface area (Å²) in [7, 11) is 0. The maximum atomic E-state index is 12.3. The fraction of sp³-hybridized carbons (Fsp3) is 0.750. The van der Waals surface area contributed by atoms with E-state index in [9.17, 15) is 13.2 Å². The molecule has 3 rings (SSSR count). The molecule has 1 nitrogen and oxygen atoms in total. The number of benzene rings is 1. The van der Waals surface area contributed by atoms with Gasteiger partial charge in [-0.1, -0.05) is 82.8 Å². The smallest absolute Gasteiger partial charge is 0.406 e. The molecule has 1 aromatic rings. The molecule has 0 aliphatic heterocycles. The maximum absolute atomic E-state index is 12.3. The highest BCUT2D eigenvalue weighted by Gasteiger charge is 2.31. The molecule has 0 heterocycles. The number of unbranched alkanes of at least 4 members (excludes halogenated alkanes) is 1. The molecule has 0 N–H and O–H groups in total. The summed E-state index contributed by atoms with van der Waals surface area (Å²) >= 11 is 0. The minimum Gasteiger partial charge on any atom is -0.406 e. The first-order valence-corrected chi connectivity index (χ1v) is 11.4. The molecule has 0 radical (unpaired) electrons. The quantitative estimate of drug-likeness (QED) is 0.404. The van der Waals surface area contributed by atoms with Gasteiger partial charge in [-0.05, 0) is 54.7 Å². The van der Waals surface area contributed by atoms with Gasteiger partial charge in [-0.3, -0.25) is 0 Å². The van der Waals surface area contributed by atoms with Crippen LogP contribution in [0.25, 0.3) is 0 Å². The highest BCUT2D eigenvalue weighted by Crippen LogP contribution is 2.42. The average molecular weight is 397 g/mol. The fourth-order valence-corrected chi connectivity index (χ4v) is 5.55. The van der Waals surface area contributed by atoms with Crippen molar-refractivity contribution in [1.82, 2.24) is 0 Å². The Morgan fingerprint density at radius 1 is 0.786 bits per heavy atom. The van der Waals surface area contributed by atoms with Crippen LogP contribution in [0.3, 0.4) is 0 Å². The van der Waals surface area contributed by atoms with Gasteiger partial charge < -0.3 is 4.74 Å². The Bertz CT molecular complexity index is 536. The van der Waals surface area contributed by atoms with E-state index in [-0.39, 0.29) is 5.75 Å². The Morgan fingerprint density at radius 2 is 1.32 bits per heavy atom. The second-order valence-electron chi connectivity index (χ2n) is 8.90. The second kappa shape index (κ2) is 10.5. The van der Waals surface area contributed by atoms with E-state index < -0.39 is 6.36 Å². The van der Waals surface area contributed by atoms with Crippen LogP contribution in [-0.4, -0.2) is 6.36 Å². The Morgan fingerprint density at radius 3 is 1.82 bits per heavy atom. The third-order valence-electron chi connectivity index (χ3n) is 6.92. The van der Waals surface area contributed by atoms with Gasteiger partial charge in [0.05, 0.1) is 0 Å². The molecule has 2 fully saturated rings. The van der Waals surface area contributed by atoms with E-state index in [1.165, 1.54) is 89.2 Å². The third-order valence-corrected chi connectivity index (χ3v) is 6.92. The summed E-state index contributed by atoms with van der Waals surface area (Å²) in [6.07, 6.45) is 14.2. The molecule has 0 spiro atoms. The first kappa shape index (κ1) is 21.5. The van der Waals surface area contributed by atoms with Crippen LogP contribution in [-0.2, 0) is 6.42 Å². The van der Waals surface area contributed by atoms with Crippen molar-refractivity contribution in [2.24, 2.45) is 17.8 Å². The Hall–Kier alpha value is -1.19. The zero-order valence-electron chi connectivity index (χ0n) is 17.0. The van der Waals surface area contributed by atoms with Crippen LogP contribution in [0, 0.1) is 17.8 Å². The van der Waals surface area contributed by atoms with E-state index in [0.29, 0.717) is 0 Å². The van der Waals surface area contributed by atoms with Crippen LogP contribution in [0.15, 0.2) is 24.3 Å². The summed E-state index contributed by atoms with van der Waals surface area (Å²) in [5.74, 6) is 2.65. The highest BCUT2D eigenvalue weighted by atomic mass is 19.4. The number of hydrogen-bond donors (Lipinski definition) is 0. The van der Waals surface area contributed by atoms with Crippen LogP contribution in [0.5, 0.6) is 5.75 Å². The van der Waals surface area contributed by atoms with Crippen molar-refractivity contribution in [2.75, 3.05) is 0 Å². The van der Waals surface area contributed by atoms with Crippen molar-refractivity contribution < 1.29 is 17.9 Å². The van der Waals surface area contributed by atoms with Gasteiger partial charge in [0.1, 0.15) is 5.75 Å². The SMILES string of the molecule is FC(F)(F)Oc1ccc(CCCCC(C2CCCCC2)C2CCCCC2)cc1. The lowest BCUT2D eigenvalue weighted by molar-refractivity contribution is -0.274. The van der Waals surface area contributed by atoms with Crippen LogP contribution in [0.2, 0.25) is 0 Å².